The van der Waals surface area contributed by atoms with Gasteiger partial charge in [-0.2, -0.15) is 0 Å². The summed E-state index contributed by atoms with van der Waals surface area (Å²) >= 11 is 5.99. The topological polar surface area (TPSA) is 76.7 Å². The lowest BCUT2D eigenvalue weighted by molar-refractivity contribution is -0.127. The third-order valence-corrected chi connectivity index (χ3v) is 4.19. The zero-order valence-corrected chi connectivity index (χ0v) is 16.3. The SMILES string of the molecule is COCC(=O)Nc1cccc(CNC(=O)C(C)Oc2ccc(Cl)c(C)c2)c1. The van der Waals surface area contributed by atoms with Crippen LogP contribution < -0.4 is 15.4 Å². The molecule has 0 saturated heterocycles. The molecule has 2 aromatic carbocycles. The zero-order valence-electron chi connectivity index (χ0n) is 15.5. The fourth-order valence-electron chi connectivity index (χ4n) is 2.37. The molecule has 0 saturated carbocycles. The van der Waals surface area contributed by atoms with Crippen LogP contribution in [0.3, 0.4) is 0 Å². The third-order valence-electron chi connectivity index (χ3n) is 3.76. The Morgan fingerprint density at radius 3 is 2.67 bits per heavy atom. The predicted octanol–water partition coefficient (Wildman–Crippen LogP) is 3.32. The number of methoxy groups -OCH3 is 1. The molecular weight excluding hydrogens is 368 g/mol. The normalized spacial score (nSPS) is 11.6. The molecule has 144 valence electrons. The van der Waals surface area contributed by atoms with E-state index < -0.39 is 6.10 Å². The molecule has 2 N–H and O–H groups in total. The number of carbonyl (C=O) groups is 2. The van der Waals surface area contributed by atoms with Gasteiger partial charge in [0.15, 0.2) is 6.10 Å². The molecule has 0 aliphatic carbocycles. The van der Waals surface area contributed by atoms with Gasteiger partial charge in [0.05, 0.1) is 0 Å². The van der Waals surface area contributed by atoms with Crippen LogP contribution in [0, 0.1) is 6.92 Å². The molecule has 0 aliphatic rings. The van der Waals surface area contributed by atoms with Crippen molar-refractivity contribution in [2.75, 3.05) is 19.0 Å². The Balaban J connectivity index is 1.88. The summed E-state index contributed by atoms with van der Waals surface area (Å²) < 4.78 is 10.4. The fourth-order valence-corrected chi connectivity index (χ4v) is 2.49. The second kappa shape index (κ2) is 9.94. The molecule has 27 heavy (non-hydrogen) atoms. The predicted molar refractivity (Wildman–Crippen MR) is 105 cm³/mol. The van der Waals surface area contributed by atoms with E-state index in [-0.39, 0.29) is 18.4 Å². The van der Waals surface area contributed by atoms with E-state index in [0.717, 1.165) is 11.1 Å². The summed E-state index contributed by atoms with van der Waals surface area (Å²) in [4.78, 5) is 23.8. The minimum Gasteiger partial charge on any atom is -0.481 e. The maximum Gasteiger partial charge on any atom is 0.261 e. The summed E-state index contributed by atoms with van der Waals surface area (Å²) in [7, 11) is 1.46. The highest BCUT2D eigenvalue weighted by atomic mass is 35.5. The molecule has 2 amide bonds. The Hall–Kier alpha value is -2.57. The Morgan fingerprint density at radius 1 is 1.19 bits per heavy atom. The minimum absolute atomic E-state index is 0.0139. The van der Waals surface area contributed by atoms with Crippen LogP contribution in [0.2, 0.25) is 5.02 Å². The zero-order chi connectivity index (χ0) is 19.8. The maximum atomic E-state index is 12.3. The first-order chi connectivity index (χ1) is 12.9. The summed E-state index contributed by atoms with van der Waals surface area (Å²) in [5.74, 6) is 0.109. The van der Waals surface area contributed by atoms with Crippen LogP contribution in [-0.2, 0) is 20.9 Å². The van der Waals surface area contributed by atoms with Gasteiger partial charge >= 0.3 is 0 Å². The van der Waals surface area contributed by atoms with Gasteiger partial charge in [-0.1, -0.05) is 23.7 Å². The fraction of sp³-hybridized carbons (Fsp3) is 0.300. The number of hydrogen-bond acceptors (Lipinski definition) is 4. The van der Waals surface area contributed by atoms with Crippen molar-refractivity contribution in [3.8, 4) is 5.75 Å². The van der Waals surface area contributed by atoms with Crippen molar-refractivity contribution >= 4 is 29.1 Å². The third kappa shape index (κ3) is 6.58. The van der Waals surface area contributed by atoms with E-state index in [4.69, 9.17) is 21.1 Å². The molecule has 2 aromatic rings. The molecule has 0 bridgehead atoms. The number of carbonyl (C=O) groups excluding carboxylic acids is 2. The van der Waals surface area contributed by atoms with Crippen LogP contribution >= 0.6 is 11.6 Å². The summed E-state index contributed by atoms with van der Waals surface area (Å²) in [6.07, 6.45) is -0.657. The van der Waals surface area contributed by atoms with Crippen molar-refractivity contribution in [1.29, 1.82) is 0 Å². The van der Waals surface area contributed by atoms with E-state index in [2.05, 4.69) is 10.6 Å². The lowest BCUT2D eigenvalue weighted by atomic mass is 10.2. The molecule has 0 aliphatic heterocycles. The summed E-state index contributed by atoms with van der Waals surface area (Å²) in [6.45, 7) is 3.86. The second-order valence-electron chi connectivity index (χ2n) is 6.07. The van der Waals surface area contributed by atoms with Crippen molar-refractivity contribution in [2.24, 2.45) is 0 Å². The number of ether oxygens (including phenoxy) is 2. The van der Waals surface area contributed by atoms with E-state index >= 15 is 0 Å². The van der Waals surface area contributed by atoms with Crippen LogP contribution in [-0.4, -0.2) is 31.6 Å². The van der Waals surface area contributed by atoms with Gasteiger partial charge in [0.1, 0.15) is 12.4 Å². The first-order valence-electron chi connectivity index (χ1n) is 8.47. The van der Waals surface area contributed by atoms with E-state index in [0.29, 0.717) is 23.0 Å². The van der Waals surface area contributed by atoms with Gasteiger partial charge in [0, 0.05) is 24.4 Å². The molecule has 6 nitrogen and oxygen atoms in total. The Labute approximate surface area is 163 Å². The van der Waals surface area contributed by atoms with Crippen molar-refractivity contribution in [3.63, 3.8) is 0 Å². The number of halogens is 1. The van der Waals surface area contributed by atoms with Crippen molar-refractivity contribution in [3.05, 3.63) is 58.6 Å². The molecule has 0 heterocycles. The van der Waals surface area contributed by atoms with Gasteiger partial charge < -0.3 is 20.1 Å². The standard InChI is InChI=1S/C20H23ClN2O4/c1-13-9-17(7-8-18(13)21)27-14(2)20(25)22-11-15-5-4-6-16(10-15)23-19(24)12-26-3/h4-10,14H,11-12H2,1-3H3,(H,22,25)(H,23,24). The Morgan fingerprint density at radius 2 is 1.96 bits per heavy atom. The van der Waals surface area contributed by atoms with E-state index in [1.807, 2.05) is 13.0 Å². The van der Waals surface area contributed by atoms with Crippen molar-refractivity contribution in [1.82, 2.24) is 5.32 Å². The Bertz CT molecular complexity index is 810. The van der Waals surface area contributed by atoms with E-state index in [1.165, 1.54) is 7.11 Å². The van der Waals surface area contributed by atoms with Crippen LogP contribution in [0.15, 0.2) is 42.5 Å². The summed E-state index contributed by atoms with van der Waals surface area (Å²) in [5, 5.41) is 6.20. The number of benzene rings is 2. The van der Waals surface area contributed by atoms with Crippen LogP contribution in [0.25, 0.3) is 0 Å². The highest BCUT2D eigenvalue weighted by molar-refractivity contribution is 6.31. The van der Waals surface area contributed by atoms with E-state index in [1.54, 1.807) is 43.3 Å². The highest BCUT2D eigenvalue weighted by Crippen LogP contribution is 2.22. The van der Waals surface area contributed by atoms with Crippen LogP contribution in [0.5, 0.6) is 5.75 Å². The van der Waals surface area contributed by atoms with Gasteiger partial charge in [-0.25, -0.2) is 0 Å². The minimum atomic E-state index is -0.657. The Kier molecular flexibility index (Phi) is 7.64. The first-order valence-corrected chi connectivity index (χ1v) is 8.85. The van der Waals surface area contributed by atoms with Crippen LogP contribution in [0.1, 0.15) is 18.1 Å². The molecule has 0 radical (unpaired) electrons. The molecule has 0 aromatic heterocycles. The lowest BCUT2D eigenvalue weighted by Gasteiger charge is -2.15. The van der Waals surface area contributed by atoms with Gasteiger partial charge in [0.2, 0.25) is 5.91 Å². The summed E-state index contributed by atoms with van der Waals surface area (Å²) in [5.41, 5.74) is 2.38. The number of hydrogen-bond donors (Lipinski definition) is 2. The van der Waals surface area contributed by atoms with Gasteiger partial charge in [0.25, 0.3) is 5.91 Å². The number of anilines is 1. The summed E-state index contributed by atoms with van der Waals surface area (Å²) in [6, 6.07) is 12.5. The second-order valence-corrected chi connectivity index (χ2v) is 6.48. The first kappa shape index (κ1) is 20.7. The molecule has 0 spiro atoms. The van der Waals surface area contributed by atoms with Crippen LogP contribution in [0.4, 0.5) is 5.69 Å². The largest absolute Gasteiger partial charge is 0.481 e. The molecule has 2 rings (SSSR count). The van der Waals surface area contributed by atoms with Gasteiger partial charge in [-0.05, 0) is 55.3 Å². The van der Waals surface area contributed by atoms with Crippen molar-refractivity contribution in [2.45, 2.75) is 26.5 Å². The smallest absolute Gasteiger partial charge is 0.261 e. The monoisotopic (exact) mass is 390 g/mol. The van der Waals surface area contributed by atoms with Gasteiger partial charge in [-0.15, -0.1) is 0 Å². The average molecular weight is 391 g/mol. The van der Waals surface area contributed by atoms with E-state index in [9.17, 15) is 9.59 Å². The number of nitrogens with one attached hydrogen (secondary N) is 2. The highest BCUT2D eigenvalue weighted by Gasteiger charge is 2.15. The number of aryl methyl sites for hydroxylation is 1. The molecular formula is C20H23ClN2O4. The molecule has 1 atom stereocenters. The maximum absolute atomic E-state index is 12.3. The molecule has 0 fully saturated rings. The average Bonchev–Trinajstić information content (AvgIpc) is 2.63. The quantitative estimate of drug-likeness (QED) is 0.725. The molecule has 1 unspecified atom stereocenters. The number of rotatable bonds is 8. The van der Waals surface area contributed by atoms with Gasteiger partial charge in [-0.3, -0.25) is 9.59 Å². The molecule has 7 heteroatoms. The van der Waals surface area contributed by atoms with Crippen molar-refractivity contribution < 1.29 is 19.1 Å². The lowest BCUT2D eigenvalue weighted by Crippen LogP contribution is -2.35. The number of amides is 2.